The van der Waals surface area contributed by atoms with Gasteiger partial charge in [0.1, 0.15) is 5.03 Å². The fourth-order valence-electron chi connectivity index (χ4n) is 3.93. The summed E-state index contributed by atoms with van der Waals surface area (Å²) < 4.78 is 0. The van der Waals surface area contributed by atoms with Gasteiger partial charge in [0.25, 0.3) is 5.91 Å². The number of aliphatic hydroxyl groups excluding tert-OH is 1. The van der Waals surface area contributed by atoms with Crippen molar-refractivity contribution in [1.29, 1.82) is 0 Å². The first-order chi connectivity index (χ1) is 15.4. The quantitative estimate of drug-likeness (QED) is 0.517. The van der Waals surface area contributed by atoms with Crippen LogP contribution in [0.2, 0.25) is 10.0 Å². The Hall–Kier alpha value is -2.36. The first-order valence-electron chi connectivity index (χ1n) is 9.93. The minimum absolute atomic E-state index is 0.249. The molecule has 0 aliphatic carbocycles. The zero-order valence-electron chi connectivity index (χ0n) is 17.0. The van der Waals surface area contributed by atoms with Crippen molar-refractivity contribution in [2.24, 2.45) is 0 Å². The fourth-order valence-corrected chi connectivity index (χ4v) is 5.48. The van der Waals surface area contributed by atoms with Gasteiger partial charge in [-0.1, -0.05) is 47.1 Å². The molecule has 1 amide bonds. The van der Waals surface area contributed by atoms with Crippen molar-refractivity contribution >= 4 is 58.2 Å². The Morgan fingerprint density at radius 3 is 2.78 bits per heavy atom. The molecule has 5 rings (SSSR count). The van der Waals surface area contributed by atoms with Crippen LogP contribution >= 0.6 is 35.0 Å². The third-order valence-electron chi connectivity index (χ3n) is 5.45. The maximum absolute atomic E-state index is 13.1. The van der Waals surface area contributed by atoms with Crippen molar-refractivity contribution in [3.05, 3.63) is 69.3 Å². The number of fused-ring (bicyclic) bond motifs is 2. The molecule has 1 atom stereocenters. The second kappa shape index (κ2) is 8.53. The van der Waals surface area contributed by atoms with Gasteiger partial charge in [-0.25, -0.2) is 9.97 Å². The predicted molar refractivity (Wildman–Crippen MR) is 127 cm³/mol. The Kier molecular flexibility index (Phi) is 5.73. The average molecular weight is 488 g/mol. The van der Waals surface area contributed by atoms with Crippen molar-refractivity contribution in [3.8, 4) is 0 Å². The third-order valence-corrected chi connectivity index (χ3v) is 7.03. The van der Waals surface area contributed by atoms with E-state index in [1.165, 1.54) is 22.9 Å². The monoisotopic (exact) mass is 487 g/mol. The molecule has 2 aliphatic rings. The highest BCUT2D eigenvalue weighted by Crippen LogP contribution is 2.39. The molecule has 3 aromatic rings. The average Bonchev–Trinajstić information content (AvgIpc) is 2.75. The standard InChI is InChI=1S/C22H19Cl2N5O2S/c1-28-9-12-5-6-13(7-14(12)18(30)10-28)26-22-25-8-15-20(27-22)32-11-29(21(15)31)19-16(23)3-2-4-17(19)24/h2-8,18,30H,9-11H2,1H3,(H,25,26,27). The molecule has 164 valence electrons. The number of likely N-dealkylation sites (N-methyl/N-ethyl adjacent to an activating group) is 1. The summed E-state index contributed by atoms with van der Waals surface area (Å²) in [6.45, 7) is 1.39. The van der Waals surface area contributed by atoms with Gasteiger partial charge in [0.05, 0.1) is 33.3 Å². The Labute approximate surface area is 199 Å². The minimum Gasteiger partial charge on any atom is -0.387 e. The Morgan fingerprint density at radius 2 is 2.00 bits per heavy atom. The number of para-hydroxylation sites is 1. The molecule has 2 N–H and O–H groups in total. The number of amides is 1. The van der Waals surface area contributed by atoms with E-state index in [4.69, 9.17) is 23.2 Å². The lowest BCUT2D eigenvalue weighted by Gasteiger charge is -2.29. The van der Waals surface area contributed by atoms with Crippen molar-refractivity contribution in [2.75, 3.05) is 29.7 Å². The summed E-state index contributed by atoms with van der Waals surface area (Å²) >= 11 is 14.0. The lowest BCUT2D eigenvalue weighted by Crippen LogP contribution is -2.35. The summed E-state index contributed by atoms with van der Waals surface area (Å²) in [5.74, 6) is 0.474. The lowest BCUT2D eigenvalue weighted by molar-refractivity contribution is 0.0985. The van der Waals surface area contributed by atoms with Gasteiger partial charge in [-0.2, -0.15) is 0 Å². The van der Waals surface area contributed by atoms with Crippen LogP contribution in [0.1, 0.15) is 27.6 Å². The van der Waals surface area contributed by atoms with Gasteiger partial charge in [0.15, 0.2) is 0 Å². The van der Waals surface area contributed by atoms with Crippen LogP contribution in [0.4, 0.5) is 17.3 Å². The maximum atomic E-state index is 13.1. The molecule has 32 heavy (non-hydrogen) atoms. The van der Waals surface area contributed by atoms with Crippen LogP contribution in [-0.4, -0.2) is 45.4 Å². The number of aromatic nitrogens is 2. The number of nitrogens with zero attached hydrogens (tertiary/aromatic N) is 4. The molecule has 10 heteroatoms. The first kappa shape index (κ1) is 21.5. The van der Waals surface area contributed by atoms with Crippen molar-refractivity contribution in [1.82, 2.24) is 14.9 Å². The first-order valence-corrected chi connectivity index (χ1v) is 11.7. The molecule has 2 aromatic carbocycles. The number of rotatable bonds is 3. The van der Waals surface area contributed by atoms with Crippen LogP contribution in [0.25, 0.3) is 0 Å². The summed E-state index contributed by atoms with van der Waals surface area (Å²) in [5.41, 5.74) is 3.67. The van der Waals surface area contributed by atoms with Crippen molar-refractivity contribution in [2.45, 2.75) is 17.7 Å². The number of aliphatic hydroxyl groups is 1. The topological polar surface area (TPSA) is 81.6 Å². The fraction of sp³-hybridized carbons (Fsp3) is 0.227. The van der Waals surface area contributed by atoms with Gasteiger partial charge < -0.3 is 10.4 Å². The second-order valence-corrected chi connectivity index (χ2v) is 9.49. The molecule has 0 saturated carbocycles. The largest absolute Gasteiger partial charge is 0.387 e. The molecule has 0 fully saturated rings. The number of halogens is 2. The number of β-amino-alcohol motifs (C(OH)–C–C–N with tert-alkyl or cyclic N) is 1. The zero-order chi connectivity index (χ0) is 22.4. The van der Waals surface area contributed by atoms with E-state index in [2.05, 4.69) is 20.2 Å². The number of hydrogen-bond donors (Lipinski definition) is 2. The van der Waals surface area contributed by atoms with Crippen LogP contribution in [0, 0.1) is 0 Å². The molecule has 1 aromatic heterocycles. The molecule has 0 spiro atoms. The summed E-state index contributed by atoms with van der Waals surface area (Å²) in [6.07, 6.45) is 0.977. The van der Waals surface area contributed by atoms with E-state index in [1.54, 1.807) is 18.2 Å². The smallest absolute Gasteiger partial charge is 0.263 e. The molecule has 0 radical (unpaired) electrons. The van der Waals surface area contributed by atoms with Gasteiger partial charge in [-0.15, -0.1) is 0 Å². The molecule has 1 unspecified atom stereocenters. The highest BCUT2D eigenvalue weighted by atomic mass is 35.5. The number of hydrogen-bond acceptors (Lipinski definition) is 7. The molecule has 0 bridgehead atoms. The van der Waals surface area contributed by atoms with E-state index < -0.39 is 6.10 Å². The summed E-state index contributed by atoms with van der Waals surface area (Å²) in [5, 5.41) is 15.0. The summed E-state index contributed by atoms with van der Waals surface area (Å²) in [4.78, 5) is 25.6. The van der Waals surface area contributed by atoms with Crippen LogP contribution in [0.15, 0.2) is 47.6 Å². The molecule has 3 heterocycles. The Bertz CT molecular complexity index is 1200. The van der Waals surface area contributed by atoms with E-state index in [9.17, 15) is 9.90 Å². The number of carbonyl (C=O) groups excluding carboxylic acids is 1. The van der Waals surface area contributed by atoms with Crippen LogP contribution in [-0.2, 0) is 6.54 Å². The Morgan fingerprint density at radius 1 is 1.22 bits per heavy atom. The third kappa shape index (κ3) is 3.93. The highest BCUT2D eigenvalue weighted by molar-refractivity contribution is 7.99. The van der Waals surface area contributed by atoms with E-state index in [1.807, 2.05) is 25.2 Å². The maximum Gasteiger partial charge on any atom is 0.263 e. The van der Waals surface area contributed by atoms with Gasteiger partial charge >= 0.3 is 0 Å². The zero-order valence-corrected chi connectivity index (χ0v) is 19.4. The second-order valence-electron chi connectivity index (χ2n) is 7.74. The molecular weight excluding hydrogens is 469 g/mol. The van der Waals surface area contributed by atoms with E-state index in [0.29, 0.717) is 44.7 Å². The van der Waals surface area contributed by atoms with Gasteiger partial charge in [0.2, 0.25) is 5.95 Å². The molecule has 7 nitrogen and oxygen atoms in total. The molecule has 2 aliphatic heterocycles. The highest BCUT2D eigenvalue weighted by Gasteiger charge is 2.30. The van der Waals surface area contributed by atoms with Crippen molar-refractivity contribution < 1.29 is 9.90 Å². The van der Waals surface area contributed by atoms with Gasteiger partial charge in [0, 0.05) is 25.0 Å². The predicted octanol–water partition coefficient (Wildman–Crippen LogP) is 4.72. The number of carbonyl (C=O) groups is 1. The number of benzene rings is 2. The van der Waals surface area contributed by atoms with Crippen LogP contribution < -0.4 is 10.2 Å². The van der Waals surface area contributed by atoms with Crippen molar-refractivity contribution in [3.63, 3.8) is 0 Å². The summed E-state index contributed by atoms with van der Waals surface area (Å²) in [6, 6.07) is 11.0. The van der Waals surface area contributed by atoms with Gasteiger partial charge in [-0.3, -0.25) is 14.6 Å². The van der Waals surface area contributed by atoms with E-state index >= 15 is 0 Å². The summed E-state index contributed by atoms with van der Waals surface area (Å²) in [7, 11) is 1.99. The minimum atomic E-state index is -0.536. The van der Waals surface area contributed by atoms with Crippen LogP contribution in [0.3, 0.4) is 0 Å². The Balaban J connectivity index is 1.39. The number of nitrogens with one attached hydrogen (secondary N) is 1. The van der Waals surface area contributed by atoms with Crippen LogP contribution in [0.5, 0.6) is 0 Å². The molecular formula is C22H19Cl2N5O2S. The lowest BCUT2D eigenvalue weighted by atomic mass is 9.97. The van der Waals surface area contributed by atoms with Gasteiger partial charge in [-0.05, 0) is 42.4 Å². The van der Waals surface area contributed by atoms with E-state index in [0.717, 1.165) is 23.4 Å². The van der Waals surface area contributed by atoms with E-state index in [-0.39, 0.29) is 5.91 Å². The SMILES string of the molecule is CN1Cc2ccc(Nc3ncc4c(n3)SCN(c3c(Cl)cccc3Cl)C4=O)cc2C(O)C1. The molecule has 0 saturated heterocycles. The normalized spacial score (nSPS) is 18.3. The number of anilines is 3. The number of thioether (sulfide) groups is 1.